The maximum Gasteiger partial charge on any atom is 0.341 e. The van der Waals surface area contributed by atoms with E-state index < -0.39 is 12.1 Å². The van der Waals surface area contributed by atoms with Crippen LogP contribution in [0.2, 0.25) is 0 Å². The lowest BCUT2D eigenvalue weighted by atomic mass is 10.1. The van der Waals surface area contributed by atoms with Crippen molar-refractivity contribution < 1.29 is 19.4 Å². The molecule has 0 heterocycles. The Kier molecular flexibility index (Phi) is 3.84. The van der Waals surface area contributed by atoms with E-state index >= 15 is 0 Å². The first-order chi connectivity index (χ1) is 7.58. The molecule has 0 aliphatic carbocycles. The van der Waals surface area contributed by atoms with Gasteiger partial charge in [0.15, 0.2) is 6.29 Å². The maximum absolute atomic E-state index is 11.2. The predicted octanol–water partition coefficient (Wildman–Crippen LogP) is 0.0744. The zero-order valence-electron chi connectivity index (χ0n) is 8.64. The number of benzene rings is 1. The molecule has 1 atom stereocenters. The number of aromatic hydroxyl groups is 1. The number of ether oxygens (including phenoxy) is 1. The molecule has 6 heteroatoms. The minimum Gasteiger partial charge on any atom is -0.507 e. The average molecular weight is 224 g/mol. The number of carbonyl (C=O) groups is 2. The fourth-order valence-electron chi connectivity index (χ4n) is 1.13. The molecule has 0 aromatic heterocycles. The third kappa shape index (κ3) is 2.71. The third-order valence-corrected chi connectivity index (χ3v) is 1.88. The van der Waals surface area contributed by atoms with Crippen molar-refractivity contribution >= 4 is 17.9 Å². The monoisotopic (exact) mass is 224 g/mol. The molecule has 1 aromatic carbocycles. The van der Waals surface area contributed by atoms with Crippen LogP contribution in [0.1, 0.15) is 10.4 Å². The number of hydrogen-bond donors (Lipinski definition) is 3. The minimum atomic E-state index is -0.866. The van der Waals surface area contributed by atoms with Crippen molar-refractivity contribution in [2.45, 2.75) is 6.17 Å². The molecule has 0 saturated heterocycles. The molecular formula is C10H12N2O4. The van der Waals surface area contributed by atoms with E-state index in [0.29, 0.717) is 12.0 Å². The first-order valence-corrected chi connectivity index (χ1v) is 4.47. The van der Waals surface area contributed by atoms with Crippen LogP contribution >= 0.6 is 0 Å². The summed E-state index contributed by atoms with van der Waals surface area (Å²) in [5, 5.41) is 12.0. The summed E-state index contributed by atoms with van der Waals surface area (Å²) in [7, 11) is 1.21. The highest BCUT2D eigenvalue weighted by molar-refractivity contribution is 5.93. The van der Waals surface area contributed by atoms with Crippen molar-refractivity contribution in [2.24, 2.45) is 5.73 Å². The summed E-state index contributed by atoms with van der Waals surface area (Å²) < 4.78 is 4.48. The van der Waals surface area contributed by atoms with Crippen LogP contribution in [0.15, 0.2) is 18.2 Å². The van der Waals surface area contributed by atoms with Crippen LogP contribution in [0.25, 0.3) is 0 Å². The van der Waals surface area contributed by atoms with Gasteiger partial charge < -0.3 is 20.9 Å². The number of nitrogens with two attached hydrogens (primary N) is 1. The molecule has 0 saturated carbocycles. The molecule has 1 rings (SSSR count). The summed E-state index contributed by atoms with van der Waals surface area (Å²) in [6.07, 6.45) is -0.347. The van der Waals surface area contributed by atoms with Crippen molar-refractivity contribution in [3.05, 3.63) is 23.8 Å². The van der Waals surface area contributed by atoms with Crippen LogP contribution in [0.3, 0.4) is 0 Å². The summed E-state index contributed by atoms with van der Waals surface area (Å²) in [4.78, 5) is 21.6. The molecule has 0 aliphatic heterocycles. The number of anilines is 1. The highest BCUT2D eigenvalue weighted by Crippen LogP contribution is 2.22. The van der Waals surface area contributed by atoms with Gasteiger partial charge in [0.2, 0.25) is 0 Å². The largest absolute Gasteiger partial charge is 0.507 e. The number of phenols is 1. The Morgan fingerprint density at radius 1 is 1.62 bits per heavy atom. The van der Waals surface area contributed by atoms with Gasteiger partial charge in [0.05, 0.1) is 7.11 Å². The predicted molar refractivity (Wildman–Crippen MR) is 57.1 cm³/mol. The van der Waals surface area contributed by atoms with Gasteiger partial charge in [-0.15, -0.1) is 0 Å². The first-order valence-electron chi connectivity index (χ1n) is 4.47. The molecule has 0 amide bonds. The number of aldehydes is 1. The number of rotatable bonds is 4. The van der Waals surface area contributed by atoms with Gasteiger partial charge in [0, 0.05) is 5.69 Å². The Morgan fingerprint density at radius 3 is 2.88 bits per heavy atom. The normalized spacial score (nSPS) is 11.6. The van der Waals surface area contributed by atoms with Gasteiger partial charge >= 0.3 is 5.97 Å². The summed E-state index contributed by atoms with van der Waals surface area (Å²) in [6, 6.07) is 4.15. The molecular weight excluding hydrogens is 212 g/mol. The van der Waals surface area contributed by atoms with Crippen LogP contribution < -0.4 is 11.1 Å². The summed E-state index contributed by atoms with van der Waals surface area (Å²) in [5.74, 6) is -0.863. The lowest BCUT2D eigenvalue weighted by Crippen LogP contribution is -2.30. The fourth-order valence-corrected chi connectivity index (χ4v) is 1.13. The highest BCUT2D eigenvalue weighted by Gasteiger charge is 2.12. The summed E-state index contributed by atoms with van der Waals surface area (Å²) in [5.41, 5.74) is 5.79. The van der Waals surface area contributed by atoms with Crippen molar-refractivity contribution in [3.8, 4) is 5.75 Å². The Balaban J connectivity index is 2.97. The number of carbonyl (C=O) groups excluding carboxylic acids is 2. The Hall–Kier alpha value is -2.08. The second-order valence-electron chi connectivity index (χ2n) is 3.03. The number of phenolic OH excluding ortho intramolecular Hbond substituents is 1. The zero-order chi connectivity index (χ0) is 12.1. The molecule has 1 unspecified atom stereocenters. The van der Waals surface area contributed by atoms with E-state index in [4.69, 9.17) is 5.73 Å². The molecule has 0 spiro atoms. The van der Waals surface area contributed by atoms with E-state index in [2.05, 4.69) is 10.1 Å². The van der Waals surface area contributed by atoms with E-state index in [9.17, 15) is 14.7 Å². The Morgan fingerprint density at radius 2 is 2.31 bits per heavy atom. The molecule has 0 fully saturated rings. The molecule has 4 N–H and O–H groups in total. The Labute approximate surface area is 92.0 Å². The molecule has 0 aliphatic rings. The van der Waals surface area contributed by atoms with E-state index in [0.717, 1.165) is 0 Å². The molecule has 0 radical (unpaired) electrons. The van der Waals surface area contributed by atoms with Crippen LogP contribution in [-0.4, -0.2) is 30.6 Å². The smallest absolute Gasteiger partial charge is 0.341 e. The number of hydrogen-bond acceptors (Lipinski definition) is 6. The van der Waals surface area contributed by atoms with Gasteiger partial charge in [-0.05, 0) is 18.2 Å². The third-order valence-electron chi connectivity index (χ3n) is 1.88. The van der Waals surface area contributed by atoms with Crippen LogP contribution in [0, 0.1) is 0 Å². The van der Waals surface area contributed by atoms with Gasteiger partial charge in [-0.25, -0.2) is 4.79 Å². The average Bonchev–Trinajstić information content (AvgIpc) is 2.30. The van der Waals surface area contributed by atoms with Crippen LogP contribution in [-0.2, 0) is 9.53 Å². The molecule has 0 bridgehead atoms. The summed E-state index contributed by atoms with van der Waals surface area (Å²) in [6.45, 7) is 0. The number of nitrogens with one attached hydrogen (secondary N) is 1. The van der Waals surface area contributed by atoms with Crippen molar-refractivity contribution in [1.82, 2.24) is 0 Å². The number of methoxy groups -OCH3 is 1. The lowest BCUT2D eigenvalue weighted by molar-refractivity contribution is -0.108. The lowest BCUT2D eigenvalue weighted by Gasteiger charge is -2.10. The van der Waals surface area contributed by atoms with Crippen molar-refractivity contribution in [3.63, 3.8) is 0 Å². The molecule has 6 nitrogen and oxygen atoms in total. The minimum absolute atomic E-state index is 0.00518. The van der Waals surface area contributed by atoms with Crippen molar-refractivity contribution in [2.75, 3.05) is 12.4 Å². The second-order valence-corrected chi connectivity index (χ2v) is 3.03. The summed E-state index contributed by atoms with van der Waals surface area (Å²) >= 11 is 0. The van der Waals surface area contributed by atoms with Gasteiger partial charge in [0.25, 0.3) is 0 Å². The topological polar surface area (TPSA) is 102 Å². The van der Waals surface area contributed by atoms with E-state index in [1.54, 1.807) is 0 Å². The van der Waals surface area contributed by atoms with E-state index in [1.165, 1.54) is 25.3 Å². The SMILES string of the molecule is COC(=O)c1cc(NC(N)C=O)ccc1O. The maximum atomic E-state index is 11.2. The van der Waals surface area contributed by atoms with Gasteiger partial charge in [-0.3, -0.25) is 4.79 Å². The highest BCUT2D eigenvalue weighted by atomic mass is 16.5. The van der Waals surface area contributed by atoms with Crippen LogP contribution in [0.5, 0.6) is 5.75 Å². The van der Waals surface area contributed by atoms with E-state index in [1.807, 2.05) is 0 Å². The van der Waals surface area contributed by atoms with Crippen LogP contribution in [0.4, 0.5) is 5.69 Å². The fraction of sp³-hybridized carbons (Fsp3) is 0.200. The molecule has 16 heavy (non-hydrogen) atoms. The molecule has 1 aromatic rings. The van der Waals surface area contributed by atoms with Gasteiger partial charge in [-0.2, -0.15) is 0 Å². The van der Waals surface area contributed by atoms with E-state index in [-0.39, 0.29) is 11.3 Å². The van der Waals surface area contributed by atoms with Gasteiger partial charge in [0.1, 0.15) is 17.5 Å². The first kappa shape index (κ1) is 12.0. The molecule has 86 valence electrons. The van der Waals surface area contributed by atoms with Gasteiger partial charge in [-0.1, -0.05) is 0 Å². The quantitative estimate of drug-likeness (QED) is 0.289. The Bertz CT molecular complexity index is 406. The number of esters is 1. The standard InChI is InChI=1S/C10H12N2O4/c1-16-10(15)7-4-6(2-3-8(7)14)12-9(11)5-13/h2-5,9,12,14H,11H2,1H3. The zero-order valence-corrected chi connectivity index (χ0v) is 8.64. The van der Waals surface area contributed by atoms with Crippen molar-refractivity contribution in [1.29, 1.82) is 0 Å². The second kappa shape index (κ2) is 5.13.